The second kappa shape index (κ2) is 10.7. The van der Waals surface area contributed by atoms with Crippen LogP contribution in [0.3, 0.4) is 0 Å². The summed E-state index contributed by atoms with van der Waals surface area (Å²) in [5.74, 6) is 1.14. The first-order valence-corrected chi connectivity index (χ1v) is 13.6. The van der Waals surface area contributed by atoms with Gasteiger partial charge in [-0.05, 0) is 83.2 Å². The van der Waals surface area contributed by atoms with Crippen LogP contribution in [0.1, 0.15) is 47.2 Å². The number of halogens is 2. The lowest BCUT2D eigenvalue weighted by Crippen LogP contribution is -2.34. The van der Waals surface area contributed by atoms with Gasteiger partial charge in [0.1, 0.15) is 16.8 Å². The first-order valence-electron chi connectivity index (χ1n) is 12.8. The average molecular weight is 526 g/mol. The first-order chi connectivity index (χ1) is 17.0. The number of alkyl halides is 2. The predicted octanol–water partition coefficient (Wildman–Crippen LogP) is 8.17. The fraction of sp³-hybridized carbons (Fsp3) is 0.419. The van der Waals surface area contributed by atoms with E-state index in [0.717, 1.165) is 30.1 Å². The minimum Gasteiger partial charge on any atom is -0.366 e. The first kappa shape index (κ1) is 26.9. The molecule has 5 heteroatoms. The largest absolute Gasteiger partial charge is 0.366 e. The van der Waals surface area contributed by atoms with Crippen LogP contribution < -0.4 is 9.80 Å². The SMILES string of the molecule is Cc1cc(C)c(N2CCN(c3c(C)cc(C)cc3C)C2=C2C=CC=C(C(Cl)Cl)C2OC(C)C)c(C)c1. The van der Waals surface area contributed by atoms with Gasteiger partial charge < -0.3 is 14.5 Å². The molecule has 2 aromatic rings. The van der Waals surface area contributed by atoms with Crippen molar-refractivity contribution in [2.45, 2.75) is 72.4 Å². The molecule has 2 aromatic carbocycles. The fourth-order valence-corrected chi connectivity index (χ4v) is 6.30. The molecule has 0 amide bonds. The molecule has 36 heavy (non-hydrogen) atoms. The molecule has 1 heterocycles. The van der Waals surface area contributed by atoms with Gasteiger partial charge in [0, 0.05) is 30.0 Å². The number of hydrogen-bond donors (Lipinski definition) is 0. The smallest absolute Gasteiger partial charge is 0.131 e. The van der Waals surface area contributed by atoms with Crippen LogP contribution in [0.2, 0.25) is 0 Å². The molecule has 0 spiro atoms. The molecular weight excluding hydrogens is 487 g/mol. The second-order valence-electron chi connectivity index (χ2n) is 10.5. The van der Waals surface area contributed by atoms with Crippen molar-refractivity contribution < 1.29 is 4.74 Å². The van der Waals surface area contributed by atoms with Crippen molar-refractivity contribution in [2.75, 3.05) is 22.9 Å². The van der Waals surface area contributed by atoms with Gasteiger partial charge in [-0.1, -0.05) is 53.6 Å². The Balaban J connectivity index is 2.00. The number of benzene rings is 2. The van der Waals surface area contributed by atoms with Crippen LogP contribution in [0.5, 0.6) is 0 Å². The van der Waals surface area contributed by atoms with Crippen molar-refractivity contribution >= 4 is 34.6 Å². The zero-order valence-corrected chi connectivity index (χ0v) is 24.3. The number of hydrogen-bond acceptors (Lipinski definition) is 3. The van der Waals surface area contributed by atoms with Crippen LogP contribution in [0.15, 0.2) is 59.5 Å². The predicted molar refractivity (Wildman–Crippen MR) is 156 cm³/mol. The number of ether oxygens (including phenoxy) is 1. The summed E-state index contributed by atoms with van der Waals surface area (Å²) in [6.07, 6.45) is 5.90. The van der Waals surface area contributed by atoms with Gasteiger partial charge >= 0.3 is 0 Å². The molecule has 192 valence electrons. The summed E-state index contributed by atoms with van der Waals surface area (Å²) in [6, 6.07) is 9.08. The molecule has 0 bridgehead atoms. The average Bonchev–Trinajstić information content (AvgIpc) is 3.15. The Hall–Kier alpha value is -2.20. The third-order valence-corrected chi connectivity index (χ3v) is 7.44. The van der Waals surface area contributed by atoms with Gasteiger partial charge in [-0.3, -0.25) is 0 Å². The van der Waals surface area contributed by atoms with E-state index in [0.29, 0.717) is 0 Å². The third kappa shape index (κ3) is 5.11. The van der Waals surface area contributed by atoms with Crippen molar-refractivity contribution in [3.05, 3.63) is 92.8 Å². The fourth-order valence-electron chi connectivity index (χ4n) is 5.92. The van der Waals surface area contributed by atoms with Gasteiger partial charge in [0.2, 0.25) is 0 Å². The number of aryl methyl sites for hydroxylation is 6. The van der Waals surface area contributed by atoms with E-state index in [9.17, 15) is 0 Å². The van der Waals surface area contributed by atoms with Crippen molar-refractivity contribution in [1.29, 1.82) is 0 Å². The molecule has 3 nitrogen and oxygen atoms in total. The topological polar surface area (TPSA) is 15.7 Å². The molecule has 1 aliphatic carbocycles. The van der Waals surface area contributed by atoms with Gasteiger partial charge in [-0.2, -0.15) is 0 Å². The zero-order chi connectivity index (χ0) is 26.3. The number of allylic oxidation sites excluding steroid dienone is 2. The number of anilines is 2. The Kier molecular flexibility index (Phi) is 7.95. The van der Waals surface area contributed by atoms with Crippen molar-refractivity contribution in [3.8, 4) is 0 Å². The van der Waals surface area contributed by atoms with Gasteiger partial charge in [0.15, 0.2) is 0 Å². The van der Waals surface area contributed by atoms with Crippen molar-refractivity contribution in [1.82, 2.24) is 0 Å². The highest BCUT2D eigenvalue weighted by atomic mass is 35.5. The van der Waals surface area contributed by atoms with E-state index in [4.69, 9.17) is 27.9 Å². The summed E-state index contributed by atoms with van der Waals surface area (Å²) in [6.45, 7) is 19.0. The van der Waals surface area contributed by atoms with Crippen LogP contribution in [-0.4, -0.2) is 30.1 Å². The lowest BCUT2D eigenvalue weighted by Gasteiger charge is -2.35. The summed E-state index contributed by atoms with van der Waals surface area (Å²) in [7, 11) is 0. The Morgan fingerprint density at radius 2 is 1.22 bits per heavy atom. The summed E-state index contributed by atoms with van der Waals surface area (Å²) < 4.78 is 6.52. The van der Waals surface area contributed by atoms with Gasteiger partial charge in [0.05, 0.1) is 6.10 Å². The normalized spacial score (nSPS) is 18.2. The van der Waals surface area contributed by atoms with E-state index in [1.54, 1.807) is 0 Å². The van der Waals surface area contributed by atoms with Gasteiger partial charge in [-0.15, -0.1) is 23.2 Å². The molecule has 1 atom stereocenters. The van der Waals surface area contributed by atoms with Gasteiger partial charge in [0.25, 0.3) is 0 Å². The molecule has 1 saturated heterocycles. The summed E-state index contributed by atoms with van der Waals surface area (Å²) in [5.41, 5.74) is 12.1. The van der Waals surface area contributed by atoms with Crippen LogP contribution in [0.4, 0.5) is 11.4 Å². The maximum atomic E-state index is 6.52. The standard InChI is InChI=1S/C31H38Cl2N2O/c1-18(2)36-29-25(30(32)33)10-9-11-26(29)31-34(27-21(5)14-19(3)15-22(27)6)12-13-35(31)28-23(7)16-20(4)17-24(28)8/h9-11,14-18,29-30H,12-13H2,1-8H3. The highest BCUT2D eigenvalue weighted by Crippen LogP contribution is 2.42. The summed E-state index contributed by atoms with van der Waals surface area (Å²) >= 11 is 13.0. The Morgan fingerprint density at radius 3 is 1.61 bits per heavy atom. The van der Waals surface area contributed by atoms with E-state index < -0.39 is 4.84 Å². The molecule has 0 saturated carbocycles. The van der Waals surface area contributed by atoms with E-state index >= 15 is 0 Å². The quantitative estimate of drug-likeness (QED) is 0.366. The maximum Gasteiger partial charge on any atom is 0.131 e. The van der Waals surface area contributed by atoms with Crippen LogP contribution >= 0.6 is 23.2 Å². The molecule has 0 radical (unpaired) electrons. The molecule has 0 N–H and O–H groups in total. The Labute approximate surface area is 227 Å². The molecule has 2 aliphatic rings. The van der Waals surface area contributed by atoms with E-state index in [2.05, 4.69) is 95.5 Å². The molecule has 1 unspecified atom stereocenters. The van der Waals surface area contributed by atoms with E-state index in [-0.39, 0.29) is 12.2 Å². The third-order valence-electron chi connectivity index (χ3n) is 6.94. The summed E-state index contributed by atoms with van der Waals surface area (Å²) in [4.78, 5) is 4.29. The number of rotatable bonds is 5. The molecule has 1 aliphatic heterocycles. The monoisotopic (exact) mass is 524 g/mol. The molecule has 1 fully saturated rings. The second-order valence-corrected chi connectivity index (χ2v) is 11.6. The highest BCUT2D eigenvalue weighted by Gasteiger charge is 2.37. The molecule has 0 aromatic heterocycles. The minimum absolute atomic E-state index is 0.0154. The Bertz CT molecular complexity index is 1140. The van der Waals surface area contributed by atoms with E-state index in [1.807, 2.05) is 12.2 Å². The van der Waals surface area contributed by atoms with Crippen molar-refractivity contribution in [3.63, 3.8) is 0 Å². The van der Waals surface area contributed by atoms with Crippen LogP contribution in [0, 0.1) is 41.5 Å². The lowest BCUT2D eigenvalue weighted by molar-refractivity contribution is 0.0493. The Morgan fingerprint density at radius 1 is 0.778 bits per heavy atom. The van der Waals surface area contributed by atoms with Crippen molar-refractivity contribution in [2.24, 2.45) is 0 Å². The highest BCUT2D eigenvalue weighted by molar-refractivity contribution is 6.46. The van der Waals surface area contributed by atoms with Gasteiger partial charge in [-0.25, -0.2) is 0 Å². The molecular formula is C31H38Cl2N2O. The van der Waals surface area contributed by atoms with Crippen LogP contribution in [-0.2, 0) is 4.74 Å². The zero-order valence-electron chi connectivity index (χ0n) is 22.7. The lowest BCUT2D eigenvalue weighted by atomic mass is 9.95. The van der Waals surface area contributed by atoms with Crippen LogP contribution in [0.25, 0.3) is 0 Å². The maximum absolute atomic E-state index is 6.52. The van der Waals surface area contributed by atoms with E-state index in [1.165, 1.54) is 44.8 Å². The number of nitrogens with zero attached hydrogens (tertiary/aromatic N) is 2. The summed E-state index contributed by atoms with van der Waals surface area (Å²) in [5, 5.41) is 0. The molecule has 4 rings (SSSR count). The minimum atomic E-state index is -0.650.